The molecule has 1 unspecified atom stereocenters. The molecule has 0 aliphatic carbocycles. The van der Waals surface area contributed by atoms with E-state index in [1.54, 1.807) is 0 Å². The number of anilines is 2. The van der Waals surface area contributed by atoms with E-state index >= 15 is 0 Å². The van der Waals surface area contributed by atoms with Gasteiger partial charge in [0.2, 0.25) is 0 Å². The van der Waals surface area contributed by atoms with Crippen LogP contribution in [0.4, 0.5) is 11.6 Å². The summed E-state index contributed by atoms with van der Waals surface area (Å²) in [4.78, 5) is 11.2. The van der Waals surface area contributed by atoms with Crippen molar-refractivity contribution in [3.63, 3.8) is 0 Å². The van der Waals surface area contributed by atoms with Crippen LogP contribution in [-0.2, 0) is 6.42 Å². The van der Waals surface area contributed by atoms with Gasteiger partial charge in [0, 0.05) is 32.1 Å². The number of hydrogen-bond donors (Lipinski definition) is 2. The maximum absolute atomic E-state index is 4.55. The van der Waals surface area contributed by atoms with Crippen LogP contribution in [0.25, 0.3) is 0 Å². The highest BCUT2D eigenvalue weighted by Gasteiger charge is 2.15. The highest BCUT2D eigenvalue weighted by atomic mass is 15.1. The molecule has 1 aromatic rings. The van der Waals surface area contributed by atoms with Gasteiger partial charge in [0.25, 0.3) is 0 Å². The highest BCUT2D eigenvalue weighted by molar-refractivity contribution is 5.47. The number of nitrogens with one attached hydrogen (secondary N) is 2. The predicted molar refractivity (Wildman–Crippen MR) is 81.8 cm³/mol. The van der Waals surface area contributed by atoms with E-state index in [0.717, 1.165) is 30.4 Å². The Labute approximate surface area is 116 Å². The molecule has 0 bridgehead atoms. The molecule has 19 heavy (non-hydrogen) atoms. The first-order valence-corrected chi connectivity index (χ1v) is 6.93. The molecule has 0 aromatic carbocycles. The fourth-order valence-electron chi connectivity index (χ4n) is 1.86. The van der Waals surface area contributed by atoms with E-state index < -0.39 is 0 Å². The molecule has 1 rings (SSSR count). The van der Waals surface area contributed by atoms with Crippen LogP contribution in [0.1, 0.15) is 26.6 Å². The van der Waals surface area contributed by atoms with Gasteiger partial charge in [-0.2, -0.15) is 0 Å². The lowest BCUT2D eigenvalue weighted by atomic mass is 10.0. The summed E-state index contributed by atoms with van der Waals surface area (Å²) in [6, 6.07) is 2.34. The Morgan fingerprint density at radius 3 is 2.32 bits per heavy atom. The van der Waals surface area contributed by atoms with Gasteiger partial charge in [-0.1, -0.05) is 20.8 Å². The van der Waals surface area contributed by atoms with Crippen LogP contribution in [0.5, 0.6) is 0 Å². The van der Waals surface area contributed by atoms with Gasteiger partial charge >= 0.3 is 0 Å². The summed E-state index contributed by atoms with van der Waals surface area (Å²) in [6.45, 7) is 7.50. The maximum Gasteiger partial charge on any atom is 0.132 e. The van der Waals surface area contributed by atoms with Gasteiger partial charge in [0.05, 0.1) is 0 Å². The molecular weight excluding hydrogens is 238 g/mol. The minimum atomic E-state index is 0.374. The largest absolute Gasteiger partial charge is 0.373 e. The topological polar surface area (TPSA) is 53.1 Å². The SMILES string of the molecule is CCc1nc(NC)cc(NC(CN(C)C)C(C)C)n1. The van der Waals surface area contributed by atoms with Gasteiger partial charge in [0.15, 0.2) is 0 Å². The molecule has 0 aliphatic heterocycles. The number of rotatable bonds is 7. The first-order valence-electron chi connectivity index (χ1n) is 6.93. The standard InChI is InChI=1S/C14H27N5/c1-7-12-17-13(15-4)8-14(18-12)16-11(10(2)3)9-19(5)6/h8,10-11H,7,9H2,1-6H3,(H2,15,16,17,18). The summed E-state index contributed by atoms with van der Waals surface area (Å²) in [6.07, 6.45) is 0.838. The van der Waals surface area contributed by atoms with E-state index in [2.05, 4.69) is 60.4 Å². The van der Waals surface area contributed by atoms with Crippen molar-refractivity contribution in [3.05, 3.63) is 11.9 Å². The third-order valence-electron chi connectivity index (χ3n) is 3.04. The Morgan fingerprint density at radius 2 is 1.84 bits per heavy atom. The lowest BCUT2D eigenvalue weighted by Crippen LogP contribution is -2.36. The molecule has 0 saturated carbocycles. The molecule has 1 aromatic heterocycles. The summed E-state index contributed by atoms with van der Waals surface area (Å²) in [5.74, 6) is 3.17. The van der Waals surface area contributed by atoms with Crippen molar-refractivity contribution in [3.8, 4) is 0 Å². The maximum atomic E-state index is 4.55. The van der Waals surface area contributed by atoms with Crippen LogP contribution in [0.15, 0.2) is 6.07 Å². The molecular formula is C14H27N5. The fourth-order valence-corrected chi connectivity index (χ4v) is 1.86. The number of aryl methyl sites for hydroxylation is 1. The Morgan fingerprint density at radius 1 is 1.21 bits per heavy atom. The molecule has 1 heterocycles. The van der Waals surface area contributed by atoms with Crippen molar-refractivity contribution in [2.24, 2.45) is 5.92 Å². The second kappa shape index (κ2) is 7.28. The molecule has 2 N–H and O–H groups in total. The third kappa shape index (κ3) is 5.03. The third-order valence-corrected chi connectivity index (χ3v) is 3.04. The number of likely N-dealkylation sites (N-methyl/N-ethyl adjacent to an activating group) is 1. The summed E-state index contributed by atoms with van der Waals surface area (Å²) < 4.78 is 0. The van der Waals surface area contributed by atoms with E-state index in [1.165, 1.54) is 0 Å². The van der Waals surface area contributed by atoms with E-state index in [4.69, 9.17) is 0 Å². The van der Waals surface area contributed by atoms with Crippen LogP contribution in [0, 0.1) is 5.92 Å². The van der Waals surface area contributed by atoms with Crippen molar-refractivity contribution in [1.82, 2.24) is 14.9 Å². The molecule has 0 fully saturated rings. The lowest BCUT2D eigenvalue weighted by Gasteiger charge is -2.26. The zero-order chi connectivity index (χ0) is 14.4. The summed E-state index contributed by atoms with van der Waals surface area (Å²) in [7, 11) is 6.06. The molecule has 0 radical (unpaired) electrons. The Hall–Kier alpha value is -1.36. The lowest BCUT2D eigenvalue weighted by molar-refractivity contribution is 0.344. The average molecular weight is 265 g/mol. The van der Waals surface area contributed by atoms with Crippen molar-refractivity contribution in [2.75, 3.05) is 38.3 Å². The van der Waals surface area contributed by atoms with E-state index in [1.807, 2.05) is 13.1 Å². The number of hydrogen-bond acceptors (Lipinski definition) is 5. The first kappa shape index (κ1) is 15.7. The van der Waals surface area contributed by atoms with Crippen LogP contribution in [-0.4, -0.2) is 48.6 Å². The fraction of sp³-hybridized carbons (Fsp3) is 0.714. The molecule has 0 amide bonds. The van der Waals surface area contributed by atoms with Crippen LogP contribution >= 0.6 is 0 Å². The number of nitrogens with zero attached hydrogens (tertiary/aromatic N) is 3. The summed E-state index contributed by atoms with van der Waals surface area (Å²) in [5.41, 5.74) is 0. The molecule has 0 spiro atoms. The molecule has 5 heteroatoms. The van der Waals surface area contributed by atoms with Gasteiger partial charge in [-0.05, 0) is 20.0 Å². The van der Waals surface area contributed by atoms with Crippen molar-refractivity contribution >= 4 is 11.6 Å². The number of aromatic nitrogens is 2. The monoisotopic (exact) mass is 265 g/mol. The van der Waals surface area contributed by atoms with Crippen molar-refractivity contribution in [1.29, 1.82) is 0 Å². The Bertz CT molecular complexity index is 367. The van der Waals surface area contributed by atoms with Crippen molar-refractivity contribution < 1.29 is 0 Å². The Kier molecular flexibility index (Phi) is 6.02. The molecule has 5 nitrogen and oxygen atoms in total. The zero-order valence-electron chi connectivity index (χ0n) is 13.0. The minimum absolute atomic E-state index is 0.374. The van der Waals surface area contributed by atoms with E-state index in [-0.39, 0.29) is 0 Å². The van der Waals surface area contributed by atoms with Crippen LogP contribution in [0.3, 0.4) is 0 Å². The average Bonchev–Trinajstić information content (AvgIpc) is 2.36. The molecule has 108 valence electrons. The van der Waals surface area contributed by atoms with Crippen LogP contribution in [0.2, 0.25) is 0 Å². The summed E-state index contributed by atoms with van der Waals surface area (Å²) >= 11 is 0. The van der Waals surface area contributed by atoms with Gasteiger partial charge < -0.3 is 15.5 Å². The van der Waals surface area contributed by atoms with Gasteiger partial charge in [-0.15, -0.1) is 0 Å². The normalized spacial score (nSPS) is 12.8. The minimum Gasteiger partial charge on any atom is -0.373 e. The quantitative estimate of drug-likeness (QED) is 0.790. The molecule has 0 saturated heterocycles. The smallest absolute Gasteiger partial charge is 0.132 e. The van der Waals surface area contributed by atoms with Crippen molar-refractivity contribution in [2.45, 2.75) is 33.2 Å². The highest BCUT2D eigenvalue weighted by Crippen LogP contribution is 2.15. The van der Waals surface area contributed by atoms with Gasteiger partial charge in [0.1, 0.15) is 17.5 Å². The second-order valence-electron chi connectivity index (χ2n) is 5.42. The van der Waals surface area contributed by atoms with E-state index in [0.29, 0.717) is 12.0 Å². The van der Waals surface area contributed by atoms with E-state index in [9.17, 15) is 0 Å². The summed E-state index contributed by atoms with van der Waals surface area (Å²) in [5, 5.41) is 6.61. The van der Waals surface area contributed by atoms with Gasteiger partial charge in [-0.3, -0.25) is 0 Å². The molecule has 0 aliphatic rings. The van der Waals surface area contributed by atoms with Gasteiger partial charge in [-0.25, -0.2) is 9.97 Å². The molecule has 1 atom stereocenters. The Balaban J connectivity index is 2.88. The zero-order valence-corrected chi connectivity index (χ0v) is 13.0. The predicted octanol–water partition coefficient (Wildman–Crippen LogP) is 2.08. The second-order valence-corrected chi connectivity index (χ2v) is 5.42. The van der Waals surface area contributed by atoms with Crippen LogP contribution < -0.4 is 10.6 Å². The first-order chi connectivity index (χ1) is 8.96.